The molecule has 0 heterocycles. The summed E-state index contributed by atoms with van der Waals surface area (Å²) < 4.78 is 4.57. The van der Waals surface area contributed by atoms with Crippen molar-refractivity contribution in [2.75, 3.05) is 25.1 Å². The van der Waals surface area contributed by atoms with E-state index in [2.05, 4.69) is 4.74 Å². The maximum Gasteiger partial charge on any atom is 0.307 e. The van der Waals surface area contributed by atoms with Gasteiger partial charge in [0, 0.05) is 25.2 Å². The Balaban J connectivity index is 2.86. The van der Waals surface area contributed by atoms with Gasteiger partial charge in [0.1, 0.15) is 0 Å². The Hall–Kier alpha value is -1.82. The van der Waals surface area contributed by atoms with Gasteiger partial charge in [0.05, 0.1) is 29.2 Å². The summed E-state index contributed by atoms with van der Waals surface area (Å²) in [6.45, 7) is 2.99. The number of halogens is 1. The maximum absolute atomic E-state index is 11.1. The molecule has 0 aliphatic rings. The van der Waals surface area contributed by atoms with E-state index in [1.807, 2.05) is 11.8 Å². The predicted molar refractivity (Wildman–Crippen MR) is 72.6 cm³/mol. The van der Waals surface area contributed by atoms with Crippen LogP contribution in [-0.4, -0.2) is 31.1 Å². The number of rotatable bonds is 6. The van der Waals surface area contributed by atoms with Crippen molar-refractivity contribution in [3.63, 3.8) is 0 Å². The number of carbonyl (C=O) groups excluding carboxylic acids is 1. The fraction of sp³-hybridized carbons (Fsp3) is 0.417. The van der Waals surface area contributed by atoms with E-state index >= 15 is 0 Å². The first-order valence-corrected chi connectivity index (χ1v) is 6.13. The van der Waals surface area contributed by atoms with E-state index in [0.29, 0.717) is 23.8 Å². The van der Waals surface area contributed by atoms with E-state index in [1.165, 1.54) is 19.2 Å². The molecule has 1 aromatic rings. The number of nitrogens with zero attached hydrogens (tertiary/aromatic N) is 2. The number of methoxy groups -OCH3 is 1. The summed E-state index contributed by atoms with van der Waals surface area (Å²) in [6, 6.07) is 4.28. The fourth-order valence-corrected chi connectivity index (χ4v) is 1.94. The Bertz CT molecular complexity index is 479. The molecular weight excluding hydrogens is 272 g/mol. The molecule has 0 aliphatic carbocycles. The first kappa shape index (κ1) is 15.2. The lowest BCUT2D eigenvalue weighted by molar-refractivity contribution is -0.384. The van der Waals surface area contributed by atoms with Gasteiger partial charge in [-0.2, -0.15) is 0 Å². The Morgan fingerprint density at radius 1 is 1.53 bits per heavy atom. The molecule has 0 atom stereocenters. The number of hydrogen-bond acceptors (Lipinski definition) is 5. The number of nitro groups is 1. The highest BCUT2D eigenvalue weighted by Gasteiger charge is 2.14. The molecule has 0 spiro atoms. The van der Waals surface area contributed by atoms with Crippen LogP contribution in [0, 0.1) is 10.1 Å². The van der Waals surface area contributed by atoms with Gasteiger partial charge in [0.25, 0.3) is 5.69 Å². The second-order valence-corrected chi connectivity index (χ2v) is 4.21. The van der Waals surface area contributed by atoms with Crippen LogP contribution in [0.3, 0.4) is 0 Å². The number of anilines is 1. The van der Waals surface area contributed by atoms with Crippen molar-refractivity contribution in [2.45, 2.75) is 13.3 Å². The molecule has 0 unspecified atom stereocenters. The summed E-state index contributed by atoms with van der Waals surface area (Å²) in [4.78, 5) is 23.1. The van der Waals surface area contributed by atoms with E-state index in [1.54, 1.807) is 6.07 Å². The number of carbonyl (C=O) groups is 1. The largest absolute Gasteiger partial charge is 0.469 e. The van der Waals surface area contributed by atoms with Crippen molar-refractivity contribution in [2.24, 2.45) is 0 Å². The van der Waals surface area contributed by atoms with E-state index in [-0.39, 0.29) is 18.1 Å². The van der Waals surface area contributed by atoms with E-state index < -0.39 is 4.92 Å². The summed E-state index contributed by atoms with van der Waals surface area (Å²) in [5.41, 5.74) is 0.608. The van der Waals surface area contributed by atoms with Gasteiger partial charge in [-0.1, -0.05) is 11.6 Å². The van der Waals surface area contributed by atoms with Gasteiger partial charge in [-0.3, -0.25) is 14.9 Å². The zero-order valence-electron chi connectivity index (χ0n) is 10.8. The molecule has 6 nitrogen and oxygen atoms in total. The van der Waals surface area contributed by atoms with Crippen molar-refractivity contribution in [3.05, 3.63) is 33.3 Å². The lowest BCUT2D eigenvalue weighted by Crippen LogP contribution is -2.26. The Morgan fingerprint density at radius 3 is 2.68 bits per heavy atom. The van der Waals surface area contributed by atoms with Crippen molar-refractivity contribution in [1.82, 2.24) is 0 Å². The molecule has 0 aliphatic heterocycles. The van der Waals surface area contributed by atoms with Crippen LogP contribution in [-0.2, 0) is 9.53 Å². The highest BCUT2D eigenvalue weighted by molar-refractivity contribution is 6.33. The van der Waals surface area contributed by atoms with Crippen LogP contribution in [0.4, 0.5) is 11.4 Å². The average Bonchev–Trinajstić information content (AvgIpc) is 2.40. The lowest BCUT2D eigenvalue weighted by atomic mass is 10.2. The summed E-state index contributed by atoms with van der Waals surface area (Å²) in [5, 5.41) is 10.9. The number of benzene rings is 1. The minimum atomic E-state index is -0.500. The van der Waals surface area contributed by atoms with Crippen LogP contribution in [0.25, 0.3) is 0 Å². The third kappa shape index (κ3) is 4.10. The molecule has 0 bridgehead atoms. The molecule has 0 amide bonds. The van der Waals surface area contributed by atoms with Gasteiger partial charge in [-0.25, -0.2) is 0 Å². The van der Waals surface area contributed by atoms with Gasteiger partial charge in [0.2, 0.25) is 0 Å². The minimum Gasteiger partial charge on any atom is -0.469 e. The average molecular weight is 287 g/mol. The number of esters is 1. The third-order valence-corrected chi connectivity index (χ3v) is 2.98. The smallest absolute Gasteiger partial charge is 0.307 e. The van der Waals surface area contributed by atoms with Crippen LogP contribution in [0.1, 0.15) is 13.3 Å². The molecule has 7 heteroatoms. The minimum absolute atomic E-state index is 0.0576. The Morgan fingerprint density at radius 2 is 2.21 bits per heavy atom. The van der Waals surface area contributed by atoms with Crippen LogP contribution in [0.2, 0.25) is 5.02 Å². The number of nitro benzene ring substituents is 1. The fourth-order valence-electron chi connectivity index (χ4n) is 1.64. The van der Waals surface area contributed by atoms with Crippen LogP contribution in [0.15, 0.2) is 18.2 Å². The topological polar surface area (TPSA) is 72.7 Å². The van der Waals surface area contributed by atoms with Gasteiger partial charge < -0.3 is 9.64 Å². The first-order chi connectivity index (χ1) is 8.99. The molecule has 0 radical (unpaired) electrons. The normalized spacial score (nSPS) is 10.1. The molecule has 0 saturated carbocycles. The molecule has 0 fully saturated rings. The van der Waals surface area contributed by atoms with Crippen LogP contribution < -0.4 is 4.90 Å². The van der Waals surface area contributed by atoms with E-state index in [9.17, 15) is 14.9 Å². The Kier molecular flexibility index (Phi) is 5.57. The first-order valence-electron chi connectivity index (χ1n) is 5.75. The zero-order chi connectivity index (χ0) is 14.4. The lowest BCUT2D eigenvalue weighted by Gasteiger charge is -2.23. The molecule has 0 saturated heterocycles. The van der Waals surface area contributed by atoms with Gasteiger partial charge in [-0.15, -0.1) is 0 Å². The molecule has 0 N–H and O–H groups in total. The summed E-state index contributed by atoms with van der Waals surface area (Å²) in [6.07, 6.45) is 0.234. The highest BCUT2D eigenvalue weighted by Crippen LogP contribution is 2.29. The van der Waals surface area contributed by atoms with Gasteiger partial charge >= 0.3 is 5.97 Å². The molecule has 104 valence electrons. The Labute approximate surface area is 116 Å². The molecule has 19 heavy (non-hydrogen) atoms. The van der Waals surface area contributed by atoms with Gasteiger partial charge in [0.15, 0.2) is 0 Å². The zero-order valence-corrected chi connectivity index (χ0v) is 11.5. The highest BCUT2D eigenvalue weighted by atomic mass is 35.5. The molecule has 1 aromatic carbocycles. The maximum atomic E-state index is 11.1. The molecule has 0 aromatic heterocycles. The van der Waals surface area contributed by atoms with Gasteiger partial charge in [-0.05, 0) is 13.0 Å². The van der Waals surface area contributed by atoms with Crippen molar-refractivity contribution in [1.29, 1.82) is 0 Å². The van der Waals surface area contributed by atoms with Crippen molar-refractivity contribution >= 4 is 28.9 Å². The van der Waals surface area contributed by atoms with Crippen LogP contribution >= 0.6 is 11.6 Å². The monoisotopic (exact) mass is 286 g/mol. The summed E-state index contributed by atoms with van der Waals surface area (Å²) in [5.74, 6) is -0.309. The molecule has 1 rings (SSSR count). The summed E-state index contributed by atoms with van der Waals surface area (Å²) in [7, 11) is 1.33. The quantitative estimate of drug-likeness (QED) is 0.457. The SMILES string of the molecule is CCN(CCC(=O)OC)c1ccc([N+](=O)[O-])cc1Cl. The van der Waals surface area contributed by atoms with Crippen LogP contribution in [0.5, 0.6) is 0 Å². The standard InChI is InChI=1S/C12H15ClN2O4/c1-3-14(7-6-12(16)19-2)11-5-4-9(15(17)18)8-10(11)13/h4-5,8H,3,6-7H2,1-2H3. The van der Waals surface area contributed by atoms with Crippen molar-refractivity contribution < 1.29 is 14.5 Å². The van der Waals surface area contributed by atoms with Crippen molar-refractivity contribution in [3.8, 4) is 0 Å². The van der Waals surface area contributed by atoms with E-state index in [0.717, 1.165) is 0 Å². The predicted octanol–water partition coefficient (Wildman–Crippen LogP) is 2.64. The van der Waals surface area contributed by atoms with E-state index in [4.69, 9.17) is 11.6 Å². The molecular formula is C12H15ClN2O4. The second-order valence-electron chi connectivity index (χ2n) is 3.80. The third-order valence-electron chi connectivity index (χ3n) is 2.68. The number of non-ortho nitro benzene ring substituents is 1. The summed E-state index contributed by atoms with van der Waals surface area (Å²) >= 11 is 6.03. The number of hydrogen-bond donors (Lipinski definition) is 0. The second kappa shape index (κ2) is 6.94. The number of ether oxygens (including phenoxy) is 1.